The largest absolute Gasteiger partial charge is 0.416 e. The molecule has 70 valence electrons. The van der Waals surface area contributed by atoms with Gasteiger partial charge in [-0.3, -0.25) is 4.79 Å². The van der Waals surface area contributed by atoms with Crippen molar-refractivity contribution in [2.45, 2.75) is 6.18 Å². The summed E-state index contributed by atoms with van der Waals surface area (Å²) in [6.07, 6.45) is -4.36. The Morgan fingerprint density at radius 1 is 1.15 bits per heavy atom. The molecule has 13 heavy (non-hydrogen) atoms. The van der Waals surface area contributed by atoms with Gasteiger partial charge in [-0.1, -0.05) is 0 Å². The fourth-order valence-corrected chi connectivity index (χ4v) is 0.951. The maximum absolute atomic E-state index is 12.0. The van der Waals surface area contributed by atoms with E-state index in [-0.39, 0.29) is 5.56 Å². The first kappa shape index (κ1) is 10.1. The van der Waals surface area contributed by atoms with Gasteiger partial charge in [0.05, 0.1) is 5.56 Å². The van der Waals surface area contributed by atoms with E-state index >= 15 is 0 Å². The summed E-state index contributed by atoms with van der Waals surface area (Å²) in [6.45, 7) is 0. The second-order valence-corrected chi connectivity index (χ2v) is 2.79. The maximum atomic E-state index is 12.0. The van der Waals surface area contributed by atoms with Gasteiger partial charge in [0.2, 0.25) is 5.12 Å². The summed E-state index contributed by atoms with van der Waals surface area (Å²) in [5.74, 6) is 0. The van der Waals surface area contributed by atoms with Crippen molar-refractivity contribution in [3.63, 3.8) is 0 Å². The fourth-order valence-electron chi connectivity index (χ4n) is 0.802. The topological polar surface area (TPSA) is 17.1 Å². The number of carbonyl (C=O) groups is 1. The van der Waals surface area contributed by atoms with Crippen molar-refractivity contribution in [1.82, 2.24) is 0 Å². The molecule has 0 N–H and O–H groups in total. The van der Waals surface area contributed by atoms with Gasteiger partial charge in [-0.05, 0) is 24.3 Å². The van der Waals surface area contributed by atoms with Gasteiger partial charge in [0, 0.05) is 5.56 Å². The highest BCUT2D eigenvalue weighted by atomic mass is 32.1. The first-order valence-electron chi connectivity index (χ1n) is 3.32. The molecule has 0 radical (unpaired) electrons. The van der Waals surface area contributed by atoms with E-state index in [0.29, 0.717) is 0 Å². The highest BCUT2D eigenvalue weighted by Crippen LogP contribution is 2.29. The van der Waals surface area contributed by atoms with Crippen LogP contribution in [0.1, 0.15) is 15.9 Å². The van der Waals surface area contributed by atoms with E-state index in [4.69, 9.17) is 0 Å². The zero-order valence-electron chi connectivity index (χ0n) is 6.30. The monoisotopic (exact) mass is 206 g/mol. The van der Waals surface area contributed by atoms with Gasteiger partial charge in [-0.25, -0.2) is 0 Å². The van der Waals surface area contributed by atoms with Crippen LogP contribution < -0.4 is 0 Å². The van der Waals surface area contributed by atoms with Gasteiger partial charge < -0.3 is 0 Å². The lowest BCUT2D eigenvalue weighted by Gasteiger charge is -2.05. The molecule has 0 heterocycles. The van der Waals surface area contributed by atoms with Gasteiger partial charge in [0.1, 0.15) is 0 Å². The van der Waals surface area contributed by atoms with Crippen LogP contribution in [0, 0.1) is 0 Å². The fraction of sp³-hybridized carbons (Fsp3) is 0.125. The van der Waals surface area contributed by atoms with Crippen LogP contribution in [0.4, 0.5) is 13.2 Å². The number of alkyl halides is 3. The van der Waals surface area contributed by atoms with Crippen molar-refractivity contribution < 1.29 is 18.0 Å². The Morgan fingerprint density at radius 3 is 1.92 bits per heavy atom. The standard InChI is InChI=1S/C8H5F3OS/c9-8(10,11)6-3-1-5(2-4-6)7(12)13/h1-4H,(H,12,13). The summed E-state index contributed by atoms with van der Waals surface area (Å²) in [5, 5.41) is -0.547. The molecule has 0 spiro atoms. The average molecular weight is 206 g/mol. The van der Waals surface area contributed by atoms with E-state index in [1.807, 2.05) is 0 Å². The van der Waals surface area contributed by atoms with Crippen LogP contribution in [0.25, 0.3) is 0 Å². The highest BCUT2D eigenvalue weighted by molar-refractivity contribution is 7.97. The number of halogens is 3. The van der Waals surface area contributed by atoms with E-state index < -0.39 is 16.9 Å². The molecule has 0 saturated heterocycles. The molecule has 1 nitrogen and oxygen atoms in total. The van der Waals surface area contributed by atoms with E-state index in [0.717, 1.165) is 24.3 Å². The van der Waals surface area contributed by atoms with Gasteiger partial charge in [0.25, 0.3) is 0 Å². The van der Waals surface area contributed by atoms with Crippen LogP contribution in [0.15, 0.2) is 24.3 Å². The Morgan fingerprint density at radius 2 is 1.62 bits per heavy atom. The van der Waals surface area contributed by atoms with Crippen molar-refractivity contribution >= 4 is 17.7 Å². The lowest BCUT2D eigenvalue weighted by atomic mass is 10.1. The van der Waals surface area contributed by atoms with E-state index in [1.165, 1.54) is 0 Å². The third-order valence-corrected chi connectivity index (χ3v) is 1.72. The molecule has 0 amide bonds. The molecule has 1 aromatic rings. The molecule has 5 heteroatoms. The maximum Gasteiger partial charge on any atom is 0.416 e. The van der Waals surface area contributed by atoms with Crippen LogP contribution in [0.3, 0.4) is 0 Å². The van der Waals surface area contributed by atoms with Crippen LogP contribution in [-0.2, 0) is 6.18 Å². The minimum Gasteiger partial charge on any atom is -0.282 e. The van der Waals surface area contributed by atoms with Gasteiger partial charge in [0.15, 0.2) is 0 Å². The second kappa shape index (κ2) is 3.41. The van der Waals surface area contributed by atoms with Crippen molar-refractivity contribution in [2.75, 3.05) is 0 Å². The molecule has 0 aromatic heterocycles. The second-order valence-electron chi connectivity index (χ2n) is 2.38. The molecular formula is C8H5F3OS. The molecule has 0 aliphatic rings. The normalized spacial score (nSPS) is 11.4. The molecule has 0 unspecified atom stereocenters. The molecule has 0 atom stereocenters. The molecule has 0 fully saturated rings. The SMILES string of the molecule is O=C(S)c1ccc(C(F)(F)F)cc1. The van der Waals surface area contributed by atoms with Crippen molar-refractivity contribution in [1.29, 1.82) is 0 Å². The summed E-state index contributed by atoms with van der Waals surface area (Å²) in [7, 11) is 0. The Balaban J connectivity index is 3.01. The number of rotatable bonds is 1. The predicted molar refractivity (Wildman–Crippen MR) is 44.8 cm³/mol. The molecule has 1 rings (SSSR count). The van der Waals surface area contributed by atoms with Crippen LogP contribution >= 0.6 is 12.6 Å². The number of hydrogen-bond acceptors (Lipinski definition) is 1. The van der Waals surface area contributed by atoms with Crippen LogP contribution in [0.5, 0.6) is 0 Å². The molecular weight excluding hydrogens is 201 g/mol. The van der Waals surface area contributed by atoms with E-state index in [1.54, 1.807) is 0 Å². The van der Waals surface area contributed by atoms with Gasteiger partial charge in [-0.2, -0.15) is 13.2 Å². The zero-order chi connectivity index (χ0) is 10.1. The quantitative estimate of drug-likeness (QED) is 0.699. The summed E-state index contributed by atoms with van der Waals surface area (Å²) in [6, 6.07) is 3.89. The minimum atomic E-state index is -4.36. The predicted octanol–water partition coefficient (Wildman–Crippen LogP) is 2.78. The Hall–Kier alpha value is -0.970. The van der Waals surface area contributed by atoms with Crippen molar-refractivity contribution in [2.24, 2.45) is 0 Å². The average Bonchev–Trinajstić information content (AvgIpc) is 2.03. The van der Waals surface area contributed by atoms with E-state index in [2.05, 4.69) is 12.6 Å². The van der Waals surface area contributed by atoms with E-state index in [9.17, 15) is 18.0 Å². The number of thiol groups is 1. The first-order valence-corrected chi connectivity index (χ1v) is 3.76. The highest BCUT2D eigenvalue weighted by Gasteiger charge is 2.29. The molecule has 0 bridgehead atoms. The Labute approximate surface area is 78.0 Å². The third kappa shape index (κ3) is 2.48. The number of benzene rings is 1. The third-order valence-electron chi connectivity index (χ3n) is 1.46. The number of carbonyl (C=O) groups excluding carboxylic acids is 1. The van der Waals surface area contributed by atoms with Gasteiger partial charge in [-0.15, -0.1) is 12.6 Å². The smallest absolute Gasteiger partial charge is 0.282 e. The minimum absolute atomic E-state index is 0.149. The van der Waals surface area contributed by atoms with Crippen LogP contribution in [0.2, 0.25) is 0 Å². The summed E-state index contributed by atoms with van der Waals surface area (Å²) < 4.78 is 36.0. The molecule has 0 aliphatic carbocycles. The van der Waals surface area contributed by atoms with Gasteiger partial charge >= 0.3 is 6.18 Å². The summed E-state index contributed by atoms with van der Waals surface area (Å²) >= 11 is 3.47. The van der Waals surface area contributed by atoms with Crippen molar-refractivity contribution in [3.05, 3.63) is 35.4 Å². The molecule has 0 saturated carbocycles. The lowest BCUT2D eigenvalue weighted by molar-refractivity contribution is -0.137. The lowest BCUT2D eigenvalue weighted by Crippen LogP contribution is -2.04. The first-order chi connectivity index (χ1) is 5.91. The summed E-state index contributed by atoms with van der Waals surface area (Å²) in [4.78, 5) is 10.6. The molecule has 0 aliphatic heterocycles. The Kier molecular flexibility index (Phi) is 2.66. The Bertz CT molecular complexity index is 315. The summed E-state index contributed by atoms with van der Waals surface area (Å²) in [5.41, 5.74) is -0.623. The molecule has 1 aromatic carbocycles. The number of hydrogen-bond donors (Lipinski definition) is 1. The zero-order valence-corrected chi connectivity index (χ0v) is 7.19. The van der Waals surface area contributed by atoms with Crippen molar-refractivity contribution in [3.8, 4) is 0 Å². The van der Waals surface area contributed by atoms with Crippen LogP contribution in [-0.4, -0.2) is 5.12 Å².